The van der Waals surface area contributed by atoms with Crippen LogP contribution in [0, 0.1) is 5.41 Å². The lowest BCUT2D eigenvalue weighted by molar-refractivity contribution is -0.139. The molecule has 1 amide bonds. The summed E-state index contributed by atoms with van der Waals surface area (Å²) in [7, 11) is 0. The quantitative estimate of drug-likeness (QED) is 0.812. The molecule has 2 rings (SSSR count). The van der Waals surface area contributed by atoms with Crippen LogP contribution in [0.4, 0.5) is 0 Å². The van der Waals surface area contributed by atoms with Gasteiger partial charge in [-0.25, -0.2) is 4.68 Å². The number of carboxylic acids is 1. The maximum absolute atomic E-state index is 12.1. The molecule has 1 aromatic heterocycles. The van der Waals surface area contributed by atoms with Crippen LogP contribution in [0.1, 0.15) is 45.3 Å². The summed E-state index contributed by atoms with van der Waals surface area (Å²) in [4.78, 5) is 23.0. The second kappa shape index (κ2) is 7.25. The van der Waals surface area contributed by atoms with Gasteiger partial charge < -0.3 is 10.4 Å². The summed E-state index contributed by atoms with van der Waals surface area (Å²) in [6, 6.07) is 9.25. The molecule has 24 heavy (non-hydrogen) atoms. The fourth-order valence-electron chi connectivity index (χ4n) is 2.46. The molecule has 2 N–H and O–H groups in total. The minimum atomic E-state index is -0.911. The van der Waals surface area contributed by atoms with E-state index in [-0.39, 0.29) is 24.8 Å². The predicted molar refractivity (Wildman–Crippen MR) is 88.6 cm³/mol. The maximum atomic E-state index is 12.1. The minimum Gasteiger partial charge on any atom is -0.481 e. The number of carbonyl (C=O) groups excluding carboxylic acids is 1. The zero-order valence-electron chi connectivity index (χ0n) is 14.1. The zero-order valence-corrected chi connectivity index (χ0v) is 14.1. The Morgan fingerprint density at radius 2 is 1.92 bits per heavy atom. The zero-order chi connectivity index (χ0) is 17.7. The van der Waals surface area contributed by atoms with Crippen molar-refractivity contribution in [2.24, 2.45) is 5.41 Å². The van der Waals surface area contributed by atoms with E-state index in [0.29, 0.717) is 5.69 Å². The Kier molecular flexibility index (Phi) is 5.33. The van der Waals surface area contributed by atoms with Crippen molar-refractivity contribution in [1.82, 2.24) is 20.3 Å². The number of para-hydroxylation sites is 1. The summed E-state index contributed by atoms with van der Waals surface area (Å²) < 4.78 is 1.65. The van der Waals surface area contributed by atoms with Gasteiger partial charge in [0.1, 0.15) is 5.69 Å². The lowest BCUT2D eigenvalue weighted by Crippen LogP contribution is -2.32. The Morgan fingerprint density at radius 3 is 2.54 bits per heavy atom. The molecule has 7 heteroatoms. The van der Waals surface area contributed by atoms with Crippen molar-refractivity contribution in [2.45, 2.75) is 39.7 Å². The lowest BCUT2D eigenvalue weighted by Gasteiger charge is -2.22. The molecular weight excluding hydrogens is 308 g/mol. The van der Waals surface area contributed by atoms with Gasteiger partial charge in [-0.05, 0) is 24.5 Å². The van der Waals surface area contributed by atoms with Gasteiger partial charge in [-0.2, -0.15) is 0 Å². The van der Waals surface area contributed by atoms with E-state index in [4.69, 9.17) is 5.11 Å². The highest BCUT2D eigenvalue weighted by Crippen LogP contribution is 2.25. The van der Waals surface area contributed by atoms with Crippen molar-refractivity contribution in [2.75, 3.05) is 0 Å². The van der Waals surface area contributed by atoms with Crippen LogP contribution >= 0.6 is 0 Å². The number of amides is 1. The van der Waals surface area contributed by atoms with Crippen molar-refractivity contribution in [3.8, 4) is 5.69 Å². The molecule has 1 atom stereocenters. The van der Waals surface area contributed by atoms with E-state index in [9.17, 15) is 9.59 Å². The van der Waals surface area contributed by atoms with Gasteiger partial charge in [-0.3, -0.25) is 9.59 Å². The van der Waals surface area contributed by atoms with Crippen LogP contribution in [0.2, 0.25) is 0 Å². The first kappa shape index (κ1) is 17.7. The van der Waals surface area contributed by atoms with E-state index in [1.54, 1.807) is 24.7 Å². The van der Waals surface area contributed by atoms with Crippen molar-refractivity contribution in [1.29, 1.82) is 0 Å². The normalized spacial score (nSPS) is 12.6. The maximum Gasteiger partial charge on any atom is 0.303 e. The molecule has 1 aromatic carbocycles. The van der Waals surface area contributed by atoms with E-state index in [1.165, 1.54) is 0 Å². The van der Waals surface area contributed by atoms with Gasteiger partial charge in [0, 0.05) is 6.42 Å². The second-order valence-corrected chi connectivity index (χ2v) is 6.62. The standard InChI is InChI=1S/C17H22N4O3/c1-12(18-15(22)9-17(2,3)10-16(23)24)14-11-21(20-19-14)13-7-5-4-6-8-13/h4-8,11-12H,9-10H2,1-3H3,(H,18,22)(H,23,24). The van der Waals surface area contributed by atoms with E-state index in [0.717, 1.165) is 5.69 Å². The SMILES string of the molecule is CC(NC(=O)CC(C)(C)CC(=O)O)c1cn(-c2ccccc2)nn1. The van der Waals surface area contributed by atoms with Crippen LogP contribution < -0.4 is 5.32 Å². The number of nitrogens with one attached hydrogen (secondary N) is 1. The number of benzene rings is 1. The Labute approximate surface area is 140 Å². The number of hydrogen-bond acceptors (Lipinski definition) is 4. The van der Waals surface area contributed by atoms with Gasteiger partial charge in [-0.1, -0.05) is 37.3 Å². The van der Waals surface area contributed by atoms with E-state index < -0.39 is 11.4 Å². The van der Waals surface area contributed by atoms with Crippen LogP contribution in [0.5, 0.6) is 0 Å². The summed E-state index contributed by atoms with van der Waals surface area (Å²) in [6.45, 7) is 5.34. The number of nitrogens with zero attached hydrogens (tertiary/aromatic N) is 3. The molecule has 0 aliphatic rings. The number of aliphatic carboxylic acids is 1. The Bertz CT molecular complexity index is 710. The first-order chi connectivity index (χ1) is 11.3. The van der Waals surface area contributed by atoms with Crippen molar-refractivity contribution in [3.63, 3.8) is 0 Å². The topological polar surface area (TPSA) is 97.1 Å². The molecule has 0 saturated heterocycles. The van der Waals surface area contributed by atoms with Crippen LogP contribution in [-0.2, 0) is 9.59 Å². The molecular formula is C17H22N4O3. The Balaban J connectivity index is 1.97. The van der Waals surface area contributed by atoms with E-state index >= 15 is 0 Å². The van der Waals surface area contributed by atoms with Crippen molar-refractivity contribution in [3.05, 3.63) is 42.2 Å². The third-order valence-corrected chi connectivity index (χ3v) is 3.62. The minimum absolute atomic E-state index is 0.0566. The molecule has 0 aliphatic heterocycles. The highest BCUT2D eigenvalue weighted by Gasteiger charge is 2.26. The summed E-state index contributed by atoms with van der Waals surface area (Å²) in [6.07, 6.45) is 1.85. The largest absolute Gasteiger partial charge is 0.481 e. The third kappa shape index (κ3) is 4.91. The molecule has 0 aliphatic carbocycles. The second-order valence-electron chi connectivity index (χ2n) is 6.62. The van der Waals surface area contributed by atoms with Crippen LogP contribution in [-0.4, -0.2) is 32.0 Å². The number of aromatic nitrogens is 3. The lowest BCUT2D eigenvalue weighted by atomic mass is 9.85. The molecule has 0 radical (unpaired) electrons. The van der Waals surface area contributed by atoms with E-state index in [2.05, 4.69) is 15.6 Å². The number of carbonyl (C=O) groups is 2. The van der Waals surface area contributed by atoms with Gasteiger partial charge in [0.05, 0.1) is 24.3 Å². The van der Waals surface area contributed by atoms with Crippen LogP contribution in [0.25, 0.3) is 5.69 Å². The molecule has 128 valence electrons. The molecule has 0 bridgehead atoms. The fourth-order valence-corrected chi connectivity index (χ4v) is 2.46. The number of hydrogen-bond donors (Lipinski definition) is 2. The Morgan fingerprint density at radius 1 is 1.25 bits per heavy atom. The monoisotopic (exact) mass is 330 g/mol. The van der Waals surface area contributed by atoms with Crippen LogP contribution in [0.15, 0.2) is 36.5 Å². The van der Waals surface area contributed by atoms with Gasteiger partial charge in [0.15, 0.2) is 0 Å². The molecule has 1 heterocycles. The highest BCUT2D eigenvalue weighted by atomic mass is 16.4. The third-order valence-electron chi connectivity index (χ3n) is 3.62. The summed E-state index contributed by atoms with van der Waals surface area (Å²) in [5.41, 5.74) is 0.928. The first-order valence-corrected chi connectivity index (χ1v) is 7.76. The highest BCUT2D eigenvalue weighted by molar-refractivity contribution is 5.78. The molecule has 2 aromatic rings. The number of rotatable bonds is 7. The average molecular weight is 330 g/mol. The van der Waals surface area contributed by atoms with Gasteiger partial charge in [0.25, 0.3) is 0 Å². The summed E-state index contributed by atoms with van der Waals surface area (Å²) in [5, 5.41) is 19.9. The number of carboxylic acid groups (broad SMARTS) is 1. The summed E-state index contributed by atoms with van der Waals surface area (Å²) in [5.74, 6) is -1.12. The van der Waals surface area contributed by atoms with Gasteiger partial charge >= 0.3 is 5.97 Å². The van der Waals surface area contributed by atoms with Crippen molar-refractivity contribution < 1.29 is 14.7 Å². The fraction of sp³-hybridized carbons (Fsp3) is 0.412. The molecule has 0 fully saturated rings. The van der Waals surface area contributed by atoms with Crippen LogP contribution in [0.3, 0.4) is 0 Å². The molecule has 1 unspecified atom stereocenters. The van der Waals surface area contributed by atoms with Crippen molar-refractivity contribution >= 4 is 11.9 Å². The van der Waals surface area contributed by atoms with Gasteiger partial charge in [-0.15, -0.1) is 5.10 Å². The molecule has 0 spiro atoms. The molecule has 0 saturated carbocycles. The summed E-state index contributed by atoms with van der Waals surface area (Å²) >= 11 is 0. The van der Waals surface area contributed by atoms with Gasteiger partial charge in [0.2, 0.25) is 5.91 Å². The van der Waals surface area contributed by atoms with E-state index in [1.807, 2.05) is 37.3 Å². The first-order valence-electron chi connectivity index (χ1n) is 7.76. The average Bonchev–Trinajstić information content (AvgIpc) is 2.95. The Hall–Kier alpha value is -2.70. The molecule has 7 nitrogen and oxygen atoms in total. The smallest absolute Gasteiger partial charge is 0.303 e. The predicted octanol–water partition coefficient (Wildman–Crippen LogP) is 2.34.